The van der Waals surface area contributed by atoms with Gasteiger partial charge in [0.25, 0.3) is 0 Å². The van der Waals surface area contributed by atoms with E-state index in [2.05, 4.69) is 31.0 Å². The molecule has 1 N–H and O–H groups in total. The number of benzene rings is 1. The summed E-state index contributed by atoms with van der Waals surface area (Å²) < 4.78 is 0. The Balaban J connectivity index is 3.03. The second kappa shape index (κ2) is 3.55. The van der Waals surface area contributed by atoms with Crippen molar-refractivity contribution >= 4 is 0 Å². The van der Waals surface area contributed by atoms with Crippen LogP contribution in [-0.4, -0.2) is 7.05 Å². The van der Waals surface area contributed by atoms with Crippen LogP contribution in [0.25, 0.3) is 0 Å². The van der Waals surface area contributed by atoms with Gasteiger partial charge in [0.05, 0.1) is 5.54 Å². The van der Waals surface area contributed by atoms with Crippen molar-refractivity contribution in [2.75, 3.05) is 7.05 Å². The standard InChI is InChI=1S/C11H15N/c1-4-11(2,12-3)10-8-6-5-7-9-10/h4-9,12H,1H2,2-3H3. The van der Waals surface area contributed by atoms with Gasteiger partial charge >= 0.3 is 0 Å². The zero-order chi connectivity index (χ0) is 9.03. The predicted molar refractivity (Wildman–Crippen MR) is 53.1 cm³/mol. The van der Waals surface area contributed by atoms with E-state index in [1.807, 2.05) is 31.3 Å². The first kappa shape index (κ1) is 9.01. The van der Waals surface area contributed by atoms with E-state index in [-0.39, 0.29) is 5.54 Å². The Morgan fingerprint density at radius 3 is 2.33 bits per heavy atom. The Bertz CT molecular complexity index is 253. The van der Waals surface area contributed by atoms with E-state index >= 15 is 0 Å². The molecule has 1 unspecified atom stereocenters. The van der Waals surface area contributed by atoms with Gasteiger partial charge in [-0.3, -0.25) is 0 Å². The largest absolute Gasteiger partial charge is 0.308 e. The molecule has 64 valence electrons. The summed E-state index contributed by atoms with van der Waals surface area (Å²) in [6.45, 7) is 5.92. The summed E-state index contributed by atoms with van der Waals surface area (Å²) in [5, 5.41) is 3.23. The highest BCUT2D eigenvalue weighted by Gasteiger charge is 2.18. The molecule has 0 saturated heterocycles. The van der Waals surface area contributed by atoms with Gasteiger partial charge in [-0.25, -0.2) is 0 Å². The van der Waals surface area contributed by atoms with Crippen molar-refractivity contribution in [2.45, 2.75) is 12.5 Å². The van der Waals surface area contributed by atoms with Gasteiger partial charge in [-0.15, -0.1) is 6.58 Å². The van der Waals surface area contributed by atoms with Gasteiger partial charge in [0.15, 0.2) is 0 Å². The molecule has 0 amide bonds. The number of rotatable bonds is 3. The van der Waals surface area contributed by atoms with Crippen LogP contribution in [0.1, 0.15) is 12.5 Å². The second-order valence-electron chi connectivity index (χ2n) is 3.02. The van der Waals surface area contributed by atoms with Crippen molar-refractivity contribution in [3.8, 4) is 0 Å². The first-order valence-corrected chi connectivity index (χ1v) is 4.11. The lowest BCUT2D eigenvalue weighted by atomic mass is 9.93. The van der Waals surface area contributed by atoms with Crippen LogP contribution in [0.2, 0.25) is 0 Å². The maximum absolute atomic E-state index is 3.82. The Hall–Kier alpha value is -1.08. The maximum Gasteiger partial charge on any atom is 0.0586 e. The Labute approximate surface area is 74.1 Å². The van der Waals surface area contributed by atoms with Crippen LogP contribution >= 0.6 is 0 Å². The molecule has 1 nitrogen and oxygen atoms in total. The van der Waals surface area contributed by atoms with Crippen LogP contribution in [0.4, 0.5) is 0 Å². The Morgan fingerprint density at radius 2 is 1.92 bits per heavy atom. The highest BCUT2D eigenvalue weighted by Crippen LogP contribution is 2.20. The van der Waals surface area contributed by atoms with E-state index in [9.17, 15) is 0 Å². The van der Waals surface area contributed by atoms with Crippen molar-refractivity contribution < 1.29 is 0 Å². The lowest BCUT2D eigenvalue weighted by molar-refractivity contribution is 0.506. The number of hydrogen-bond donors (Lipinski definition) is 1. The van der Waals surface area contributed by atoms with E-state index in [1.54, 1.807) is 0 Å². The lowest BCUT2D eigenvalue weighted by Gasteiger charge is -2.25. The minimum absolute atomic E-state index is 0.110. The monoisotopic (exact) mass is 161 g/mol. The molecule has 0 saturated carbocycles. The van der Waals surface area contributed by atoms with Crippen molar-refractivity contribution in [3.05, 3.63) is 48.6 Å². The van der Waals surface area contributed by atoms with Gasteiger partial charge in [-0.1, -0.05) is 36.4 Å². The molecular weight excluding hydrogens is 146 g/mol. The van der Waals surface area contributed by atoms with Crippen LogP contribution in [0, 0.1) is 0 Å². The molecule has 1 atom stereocenters. The van der Waals surface area contributed by atoms with Gasteiger partial charge in [0.2, 0.25) is 0 Å². The van der Waals surface area contributed by atoms with Gasteiger partial charge < -0.3 is 5.32 Å². The number of hydrogen-bond acceptors (Lipinski definition) is 1. The summed E-state index contributed by atoms with van der Waals surface area (Å²) in [6.07, 6.45) is 1.92. The molecule has 1 aromatic rings. The minimum atomic E-state index is -0.110. The van der Waals surface area contributed by atoms with Crippen LogP contribution < -0.4 is 5.32 Å². The molecule has 0 spiro atoms. The van der Waals surface area contributed by atoms with E-state index < -0.39 is 0 Å². The Morgan fingerprint density at radius 1 is 1.33 bits per heavy atom. The molecular formula is C11H15N. The van der Waals surface area contributed by atoms with Crippen molar-refractivity contribution in [1.29, 1.82) is 0 Å². The number of likely N-dealkylation sites (N-methyl/N-ethyl adjacent to an activating group) is 1. The van der Waals surface area contributed by atoms with Gasteiger partial charge in [-0.2, -0.15) is 0 Å². The van der Waals surface area contributed by atoms with Crippen LogP contribution in [0.15, 0.2) is 43.0 Å². The van der Waals surface area contributed by atoms with Crippen LogP contribution in [-0.2, 0) is 5.54 Å². The fourth-order valence-corrected chi connectivity index (χ4v) is 1.15. The molecule has 12 heavy (non-hydrogen) atoms. The normalized spacial score (nSPS) is 15.2. The highest BCUT2D eigenvalue weighted by atomic mass is 14.9. The summed E-state index contributed by atoms with van der Waals surface area (Å²) in [7, 11) is 1.94. The smallest absolute Gasteiger partial charge is 0.0586 e. The third-order valence-corrected chi connectivity index (χ3v) is 2.30. The molecule has 0 fully saturated rings. The molecule has 0 aliphatic rings. The Kier molecular flexibility index (Phi) is 2.66. The van der Waals surface area contributed by atoms with Crippen molar-refractivity contribution in [1.82, 2.24) is 5.32 Å². The highest BCUT2D eigenvalue weighted by molar-refractivity contribution is 5.27. The molecule has 1 heteroatoms. The van der Waals surface area contributed by atoms with Gasteiger partial charge in [0.1, 0.15) is 0 Å². The fraction of sp³-hybridized carbons (Fsp3) is 0.273. The molecule has 0 aromatic heterocycles. The molecule has 0 aliphatic carbocycles. The first-order chi connectivity index (χ1) is 5.73. The van der Waals surface area contributed by atoms with E-state index in [4.69, 9.17) is 0 Å². The maximum atomic E-state index is 3.82. The molecule has 0 bridgehead atoms. The van der Waals surface area contributed by atoms with Crippen molar-refractivity contribution in [2.24, 2.45) is 0 Å². The zero-order valence-electron chi connectivity index (χ0n) is 7.67. The second-order valence-corrected chi connectivity index (χ2v) is 3.02. The average Bonchev–Trinajstić information content (AvgIpc) is 2.18. The summed E-state index contributed by atoms with van der Waals surface area (Å²) >= 11 is 0. The van der Waals surface area contributed by atoms with Crippen LogP contribution in [0.3, 0.4) is 0 Å². The van der Waals surface area contributed by atoms with Crippen molar-refractivity contribution in [3.63, 3.8) is 0 Å². The fourth-order valence-electron chi connectivity index (χ4n) is 1.15. The van der Waals surface area contributed by atoms with E-state index in [0.717, 1.165) is 0 Å². The zero-order valence-corrected chi connectivity index (χ0v) is 7.67. The number of nitrogens with one attached hydrogen (secondary N) is 1. The third-order valence-electron chi connectivity index (χ3n) is 2.30. The lowest BCUT2D eigenvalue weighted by Crippen LogP contribution is -2.34. The SMILES string of the molecule is C=CC(C)(NC)c1ccccc1. The predicted octanol–water partition coefficient (Wildman–Crippen LogP) is 2.31. The summed E-state index contributed by atoms with van der Waals surface area (Å²) in [6, 6.07) is 10.3. The molecule has 1 rings (SSSR count). The summed E-state index contributed by atoms with van der Waals surface area (Å²) in [5.41, 5.74) is 1.13. The molecule has 0 radical (unpaired) electrons. The minimum Gasteiger partial charge on any atom is -0.308 e. The average molecular weight is 161 g/mol. The first-order valence-electron chi connectivity index (χ1n) is 4.11. The van der Waals surface area contributed by atoms with Gasteiger partial charge in [-0.05, 0) is 19.5 Å². The van der Waals surface area contributed by atoms with Crippen LogP contribution in [0.5, 0.6) is 0 Å². The summed E-state index contributed by atoms with van der Waals surface area (Å²) in [4.78, 5) is 0. The quantitative estimate of drug-likeness (QED) is 0.671. The van der Waals surface area contributed by atoms with Gasteiger partial charge in [0, 0.05) is 0 Å². The van der Waals surface area contributed by atoms with E-state index in [1.165, 1.54) is 5.56 Å². The molecule has 0 aliphatic heterocycles. The topological polar surface area (TPSA) is 12.0 Å². The molecule has 0 heterocycles. The molecule has 1 aromatic carbocycles. The third kappa shape index (κ3) is 1.56. The summed E-state index contributed by atoms with van der Waals surface area (Å²) in [5.74, 6) is 0. The van der Waals surface area contributed by atoms with E-state index in [0.29, 0.717) is 0 Å².